The summed E-state index contributed by atoms with van der Waals surface area (Å²) in [5.41, 5.74) is -0.0785. The first-order chi connectivity index (χ1) is 10.8. The van der Waals surface area contributed by atoms with Crippen molar-refractivity contribution in [1.29, 1.82) is 0 Å². The molecule has 2 aliphatic heterocycles. The molecule has 2 aromatic heterocycles. The van der Waals surface area contributed by atoms with Crippen LogP contribution in [0.1, 0.15) is 12.8 Å². The summed E-state index contributed by atoms with van der Waals surface area (Å²) in [4.78, 5) is 18.9. The first kappa shape index (κ1) is 13.4. The molecule has 2 fully saturated rings. The maximum Gasteiger partial charge on any atom is 0.144 e. The Hall–Kier alpha value is -2.28. The number of anilines is 2. The number of rotatable bonds is 3. The zero-order valence-corrected chi connectivity index (χ0v) is 12.2. The number of hydrogen-bond donors (Lipinski definition) is 1. The summed E-state index contributed by atoms with van der Waals surface area (Å²) in [7, 11) is 0. The molecule has 22 heavy (non-hydrogen) atoms. The van der Waals surface area contributed by atoms with Gasteiger partial charge in [-0.2, -0.15) is 0 Å². The monoisotopic (exact) mass is 298 g/mol. The molecule has 0 aromatic carbocycles. The fourth-order valence-electron chi connectivity index (χ4n) is 3.32. The van der Waals surface area contributed by atoms with Gasteiger partial charge in [0, 0.05) is 38.1 Å². The van der Waals surface area contributed by atoms with E-state index in [2.05, 4.69) is 30.2 Å². The van der Waals surface area contributed by atoms with Gasteiger partial charge in [0.05, 0.1) is 24.4 Å². The van der Waals surface area contributed by atoms with E-state index in [1.54, 1.807) is 31.1 Å². The highest BCUT2D eigenvalue weighted by Crippen LogP contribution is 2.37. The lowest BCUT2D eigenvalue weighted by molar-refractivity contribution is 0.0228. The third-order valence-electron chi connectivity index (χ3n) is 4.33. The molecule has 2 aliphatic rings. The van der Waals surface area contributed by atoms with Crippen molar-refractivity contribution >= 4 is 11.6 Å². The van der Waals surface area contributed by atoms with Crippen molar-refractivity contribution < 1.29 is 4.74 Å². The van der Waals surface area contributed by atoms with Crippen molar-refractivity contribution in [2.45, 2.75) is 24.5 Å². The number of ether oxygens (including phenoxy) is 1. The molecule has 2 atom stereocenters. The highest BCUT2D eigenvalue weighted by molar-refractivity contribution is 5.40. The van der Waals surface area contributed by atoms with Gasteiger partial charge in [0.25, 0.3) is 0 Å². The fourth-order valence-corrected chi connectivity index (χ4v) is 3.32. The molecule has 2 unspecified atom stereocenters. The maximum absolute atomic E-state index is 6.14. The summed E-state index contributed by atoms with van der Waals surface area (Å²) in [6, 6.07) is 2.23. The standard InChI is InChI=1S/C15H18N6O/c1-3-17-11-19-14(1)21-6-2-15(10-21)7-12(9-22-15)20-13-8-16-4-5-18-13/h1,3-5,8,11-12H,2,6-7,9-10H2,(H,18,20). The topological polar surface area (TPSA) is 76.1 Å². The molecule has 0 aliphatic carbocycles. The Morgan fingerprint density at radius 1 is 1.23 bits per heavy atom. The molecule has 2 aromatic rings. The minimum absolute atomic E-state index is 0.0785. The van der Waals surface area contributed by atoms with E-state index in [1.807, 2.05) is 6.07 Å². The number of aromatic nitrogens is 4. The fraction of sp³-hybridized carbons (Fsp3) is 0.467. The molecule has 0 bridgehead atoms. The van der Waals surface area contributed by atoms with Crippen molar-refractivity contribution in [3.8, 4) is 0 Å². The van der Waals surface area contributed by atoms with Crippen molar-refractivity contribution in [2.24, 2.45) is 0 Å². The number of nitrogens with one attached hydrogen (secondary N) is 1. The lowest BCUT2D eigenvalue weighted by Crippen LogP contribution is -2.33. The van der Waals surface area contributed by atoms with Gasteiger partial charge >= 0.3 is 0 Å². The van der Waals surface area contributed by atoms with E-state index < -0.39 is 0 Å². The zero-order chi connectivity index (χ0) is 14.8. The van der Waals surface area contributed by atoms with Crippen molar-refractivity contribution in [2.75, 3.05) is 29.9 Å². The van der Waals surface area contributed by atoms with Gasteiger partial charge in [0.1, 0.15) is 18.0 Å². The highest BCUT2D eigenvalue weighted by atomic mass is 16.5. The van der Waals surface area contributed by atoms with Crippen molar-refractivity contribution in [1.82, 2.24) is 19.9 Å². The van der Waals surface area contributed by atoms with E-state index in [0.717, 1.165) is 37.6 Å². The van der Waals surface area contributed by atoms with E-state index in [-0.39, 0.29) is 11.6 Å². The summed E-state index contributed by atoms with van der Waals surface area (Å²) in [6.45, 7) is 2.55. The molecule has 114 valence electrons. The second-order valence-corrected chi connectivity index (χ2v) is 5.87. The minimum atomic E-state index is -0.0785. The predicted octanol–water partition coefficient (Wildman–Crippen LogP) is 1.12. The van der Waals surface area contributed by atoms with E-state index in [0.29, 0.717) is 6.61 Å². The summed E-state index contributed by atoms with van der Waals surface area (Å²) >= 11 is 0. The lowest BCUT2D eigenvalue weighted by atomic mass is 9.97. The van der Waals surface area contributed by atoms with E-state index in [4.69, 9.17) is 4.74 Å². The molecule has 0 saturated carbocycles. The van der Waals surface area contributed by atoms with Gasteiger partial charge in [0.2, 0.25) is 0 Å². The van der Waals surface area contributed by atoms with Crippen molar-refractivity contribution in [3.05, 3.63) is 37.2 Å². The van der Waals surface area contributed by atoms with Crippen LogP contribution in [0.3, 0.4) is 0 Å². The lowest BCUT2D eigenvalue weighted by Gasteiger charge is -2.23. The van der Waals surface area contributed by atoms with Crippen LogP contribution >= 0.6 is 0 Å². The smallest absolute Gasteiger partial charge is 0.144 e. The van der Waals surface area contributed by atoms with Gasteiger partial charge in [-0.1, -0.05) is 0 Å². The Kier molecular flexibility index (Phi) is 3.34. The van der Waals surface area contributed by atoms with Crippen LogP contribution in [0.4, 0.5) is 11.6 Å². The number of nitrogens with zero attached hydrogens (tertiary/aromatic N) is 5. The summed E-state index contributed by atoms with van der Waals surface area (Å²) in [6.07, 6.45) is 10.5. The Morgan fingerprint density at radius 2 is 2.23 bits per heavy atom. The summed E-state index contributed by atoms with van der Waals surface area (Å²) in [5, 5.41) is 3.40. The molecular weight excluding hydrogens is 280 g/mol. The predicted molar refractivity (Wildman–Crippen MR) is 81.6 cm³/mol. The van der Waals surface area contributed by atoms with Crippen LogP contribution in [0.2, 0.25) is 0 Å². The van der Waals surface area contributed by atoms with Crippen molar-refractivity contribution in [3.63, 3.8) is 0 Å². The second kappa shape index (κ2) is 5.49. The maximum atomic E-state index is 6.14. The van der Waals surface area contributed by atoms with E-state index in [1.165, 1.54) is 0 Å². The van der Waals surface area contributed by atoms with Gasteiger partial charge in [-0.15, -0.1) is 0 Å². The third-order valence-corrected chi connectivity index (χ3v) is 4.33. The van der Waals surface area contributed by atoms with Crippen LogP contribution in [-0.4, -0.2) is 51.3 Å². The number of hydrogen-bond acceptors (Lipinski definition) is 7. The molecule has 1 spiro atoms. The van der Waals surface area contributed by atoms with Crippen LogP contribution in [0.25, 0.3) is 0 Å². The second-order valence-electron chi connectivity index (χ2n) is 5.87. The molecule has 0 radical (unpaired) electrons. The van der Waals surface area contributed by atoms with E-state index >= 15 is 0 Å². The van der Waals surface area contributed by atoms with Crippen LogP contribution in [0.5, 0.6) is 0 Å². The highest BCUT2D eigenvalue weighted by Gasteiger charge is 2.45. The molecule has 7 heteroatoms. The average molecular weight is 298 g/mol. The molecule has 4 rings (SSSR count). The first-order valence-electron chi connectivity index (χ1n) is 7.51. The molecule has 4 heterocycles. The Labute approximate surface area is 128 Å². The quantitative estimate of drug-likeness (QED) is 0.909. The third kappa shape index (κ3) is 2.59. The molecule has 1 N–H and O–H groups in total. The van der Waals surface area contributed by atoms with Gasteiger partial charge in [-0.3, -0.25) is 4.98 Å². The van der Waals surface area contributed by atoms with E-state index in [9.17, 15) is 0 Å². The van der Waals surface area contributed by atoms with Gasteiger partial charge in [-0.25, -0.2) is 15.0 Å². The SMILES string of the molecule is c1cc(N2CCC3(CC(Nc4cnccn4)CO3)C2)ncn1. The summed E-state index contributed by atoms with van der Waals surface area (Å²) < 4.78 is 6.14. The molecule has 2 saturated heterocycles. The van der Waals surface area contributed by atoms with Gasteiger partial charge < -0.3 is 15.0 Å². The normalized spacial score (nSPS) is 27.5. The van der Waals surface area contributed by atoms with Gasteiger partial charge in [0.15, 0.2) is 0 Å². The molecule has 0 amide bonds. The van der Waals surface area contributed by atoms with Crippen LogP contribution in [-0.2, 0) is 4.74 Å². The summed E-state index contributed by atoms with van der Waals surface area (Å²) in [5.74, 6) is 1.78. The minimum Gasteiger partial charge on any atom is -0.371 e. The first-order valence-corrected chi connectivity index (χ1v) is 7.51. The van der Waals surface area contributed by atoms with Gasteiger partial charge in [-0.05, 0) is 12.5 Å². The van der Waals surface area contributed by atoms with Crippen LogP contribution < -0.4 is 10.2 Å². The Bertz CT molecular complexity index is 624. The Morgan fingerprint density at radius 3 is 3.05 bits per heavy atom. The zero-order valence-electron chi connectivity index (χ0n) is 12.2. The van der Waals surface area contributed by atoms with Crippen LogP contribution in [0.15, 0.2) is 37.2 Å². The largest absolute Gasteiger partial charge is 0.371 e. The molecule has 7 nitrogen and oxygen atoms in total. The van der Waals surface area contributed by atoms with Crippen LogP contribution in [0, 0.1) is 0 Å². The Balaban J connectivity index is 1.40. The average Bonchev–Trinajstić information content (AvgIpc) is 3.17. The molecular formula is C15H18N6O.